The zero-order valence-electron chi connectivity index (χ0n) is 18.0. The van der Waals surface area contributed by atoms with Gasteiger partial charge < -0.3 is 5.32 Å². The maximum atomic E-state index is 14.0. The molecule has 168 valence electrons. The molecule has 0 aliphatic carbocycles. The van der Waals surface area contributed by atoms with Gasteiger partial charge in [0.25, 0.3) is 5.56 Å². The predicted molar refractivity (Wildman–Crippen MR) is 132 cm³/mol. The number of rotatable bonds is 4. The molecule has 0 radical (unpaired) electrons. The van der Waals surface area contributed by atoms with Gasteiger partial charge in [-0.1, -0.05) is 48.5 Å². The van der Waals surface area contributed by atoms with Crippen molar-refractivity contribution in [3.8, 4) is 16.8 Å². The minimum Gasteiger partial charge on any atom is -0.355 e. The summed E-state index contributed by atoms with van der Waals surface area (Å²) < 4.78 is 15.1. The van der Waals surface area contributed by atoms with Gasteiger partial charge in [0.15, 0.2) is 5.16 Å². The van der Waals surface area contributed by atoms with Crippen molar-refractivity contribution in [2.75, 3.05) is 6.54 Å². The molecule has 1 saturated heterocycles. The summed E-state index contributed by atoms with van der Waals surface area (Å²) in [6.45, 7) is 2.63. The summed E-state index contributed by atoms with van der Waals surface area (Å²) >= 11 is 2.79. The number of hydrogen-bond acceptors (Lipinski definition) is 5. The van der Waals surface area contributed by atoms with Crippen molar-refractivity contribution in [3.05, 3.63) is 75.6 Å². The Bertz CT molecular complexity index is 1380. The number of halogens is 1. The van der Waals surface area contributed by atoms with Crippen LogP contribution in [0.1, 0.15) is 24.1 Å². The van der Waals surface area contributed by atoms with Crippen LogP contribution in [-0.4, -0.2) is 27.3 Å². The number of amides is 1. The van der Waals surface area contributed by atoms with Crippen LogP contribution in [-0.2, 0) is 4.79 Å². The standard InChI is InChI=1S/C25H22FN3O2S2/c1-15-20(16-10-12-17(26)13-11-16)21-23(32-15)28-25(33-19-9-5-6-14-27-22(19)30)29(24(21)31)18-7-3-2-4-8-18/h2-4,7-8,10-13,19H,5-6,9,14H2,1H3,(H,27,30). The molecule has 1 N–H and O–H groups in total. The molecule has 0 saturated carbocycles. The molecule has 1 fully saturated rings. The van der Waals surface area contributed by atoms with Crippen molar-refractivity contribution in [2.45, 2.75) is 36.6 Å². The summed E-state index contributed by atoms with van der Waals surface area (Å²) in [6.07, 6.45) is 2.64. The molecule has 0 bridgehead atoms. The van der Waals surface area contributed by atoms with Crippen molar-refractivity contribution in [1.29, 1.82) is 0 Å². The first kappa shape index (κ1) is 21.9. The number of para-hydroxylation sites is 1. The first-order chi connectivity index (χ1) is 16.0. The van der Waals surface area contributed by atoms with Crippen LogP contribution in [0.4, 0.5) is 4.39 Å². The van der Waals surface area contributed by atoms with Crippen molar-refractivity contribution in [3.63, 3.8) is 0 Å². The number of nitrogens with zero attached hydrogens (tertiary/aromatic N) is 2. The van der Waals surface area contributed by atoms with Gasteiger partial charge in [-0.05, 0) is 49.6 Å². The quantitative estimate of drug-likeness (QED) is 0.402. The minimum atomic E-state index is -0.323. The molecule has 1 unspecified atom stereocenters. The molecule has 8 heteroatoms. The van der Waals surface area contributed by atoms with Gasteiger partial charge in [-0.15, -0.1) is 11.3 Å². The lowest BCUT2D eigenvalue weighted by Crippen LogP contribution is -2.31. The zero-order valence-corrected chi connectivity index (χ0v) is 19.6. The van der Waals surface area contributed by atoms with Crippen molar-refractivity contribution < 1.29 is 9.18 Å². The Morgan fingerprint density at radius 1 is 1.09 bits per heavy atom. The van der Waals surface area contributed by atoms with Crippen LogP contribution in [0.3, 0.4) is 0 Å². The van der Waals surface area contributed by atoms with E-state index in [1.165, 1.54) is 35.2 Å². The van der Waals surface area contributed by atoms with Crippen molar-refractivity contribution in [1.82, 2.24) is 14.9 Å². The van der Waals surface area contributed by atoms with E-state index in [1.807, 2.05) is 37.3 Å². The number of nitrogens with one attached hydrogen (secondary N) is 1. The average molecular weight is 480 g/mol. The average Bonchev–Trinajstić information content (AvgIpc) is 3.01. The Labute approximate surface area is 198 Å². The first-order valence-electron chi connectivity index (χ1n) is 10.8. The lowest BCUT2D eigenvalue weighted by molar-refractivity contribution is -0.120. The van der Waals surface area contributed by atoms with E-state index in [-0.39, 0.29) is 22.5 Å². The van der Waals surface area contributed by atoms with Gasteiger partial charge in [-0.2, -0.15) is 0 Å². The number of hydrogen-bond donors (Lipinski definition) is 1. The van der Waals surface area contributed by atoms with E-state index in [0.717, 1.165) is 35.3 Å². The largest absolute Gasteiger partial charge is 0.355 e. The number of aryl methyl sites for hydroxylation is 1. The Balaban J connectivity index is 1.73. The summed E-state index contributed by atoms with van der Waals surface area (Å²) in [6, 6.07) is 15.5. The minimum absolute atomic E-state index is 0.0131. The molecule has 1 aliphatic heterocycles. The second-order valence-electron chi connectivity index (χ2n) is 7.98. The number of benzene rings is 2. The molecule has 1 amide bonds. The van der Waals surface area contributed by atoms with E-state index in [2.05, 4.69) is 5.32 Å². The van der Waals surface area contributed by atoms with Crippen LogP contribution in [0, 0.1) is 12.7 Å². The molecule has 2 aromatic heterocycles. The van der Waals surface area contributed by atoms with E-state index in [9.17, 15) is 14.0 Å². The third-order valence-electron chi connectivity index (χ3n) is 5.75. The molecule has 5 nitrogen and oxygen atoms in total. The van der Waals surface area contributed by atoms with Gasteiger partial charge in [0.2, 0.25) is 5.91 Å². The van der Waals surface area contributed by atoms with E-state index >= 15 is 0 Å². The van der Waals surface area contributed by atoms with E-state index in [1.54, 1.807) is 16.7 Å². The van der Waals surface area contributed by atoms with E-state index < -0.39 is 0 Å². The Morgan fingerprint density at radius 3 is 2.61 bits per heavy atom. The molecule has 33 heavy (non-hydrogen) atoms. The smallest absolute Gasteiger partial charge is 0.268 e. The zero-order chi connectivity index (χ0) is 22.9. The topological polar surface area (TPSA) is 64.0 Å². The van der Waals surface area contributed by atoms with Gasteiger partial charge in [0.05, 0.1) is 16.3 Å². The second-order valence-corrected chi connectivity index (χ2v) is 10.4. The number of thioether (sulfide) groups is 1. The number of fused-ring (bicyclic) bond motifs is 1. The van der Waals surface area contributed by atoms with E-state index in [0.29, 0.717) is 27.6 Å². The fourth-order valence-electron chi connectivity index (χ4n) is 4.14. The number of carbonyl (C=O) groups excluding carboxylic acids is 1. The van der Waals surface area contributed by atoms with Crippen molar-refractivity contribution in [2.24, 2.45) is 0 Å². The molecule has 0 spiro atoms. The van der Waals surface area contributed by atoms with Crippen LogP contribution in [0.25, 0.3) is 27.0 Å². The van der Waals surface area contributed by atoms with Crippen molar-refractivity contribution >= 4 is 39.2 Å². The third-order valence-corrected chi connectivity index (χ3v) is 7.97. The summed E-state index contributed by atoms with van der Waals surface area (Å²) in [5, 5.41) is 3.68. The lowest BCUT2D eigenvalue weighted by Gasteiger charge is -2.16. The van der Waals surface area contributed by atoms with Crippen LogP contribution >= 0.6 is 23.1 Å². The van der Waals surface area contributed by atoms with Gasteiger partial charge in [0, 0.05) is 17.0 Å². The Kier molecular flexibility index (Phi) is 6.03. The predicted octanol–water partition coefficient (Wildman–Crippen LogP) is 5.32. The summed E-state index contributed by atoms with van der Waals surface area (Å²) in [5.74, 6) is -0.336. The highest BCUT2D eigenvalue weighted by atomic mass is 32.2. The van der Waals surface area contributed by atoms with Crippen LogP contribution in [0.2, 0.25) is 0 Å². The normalized spacial score (nSPS) is 16.5. The van der Waals surface area contributed by atoms with Crippen LogP contribution in [0.15, 0.2) is 64.5 Å². The van der Waals surface area contributed by atoms with Gasteiger partial charge >= 0.3 is 0 Å². The SMILES string of the molecule is Cc1sc2nc(SC3CCCCNC3=O)n(-c3ccccc3)c(=O)c2c1-c1ccc(F)cc1. The molecule has 1 atom stereocenters. The second kappa shape index (κ2) is 9.11. The monoisotopic (exact) mass is 479 g/mol. The molecule has 1 aliphatic rings. The fourth-order valence-corrected chi connectivity index (χ4v) is 6.40. The lowest BCUT2D eigenvalue weighted by atomic mass is 10.0. The van der Waals surface area contributed by atoms with E-state index in [4.69, 9.17) is 4.98 Å². The maximum absolute atomic E-state index is 14.0. The third kappa shape index (κ3) is 4.20. The number of thiophene rings is 1. The van der Waals surface area contributed by atoms with Gasteiger partial charge in [-0.25, -0.2) is 9.37 Å². The summed E-state index contributed by atoms with van der Waals surface area (Å²) in [4.78, 5) is 33.0. The molecular formula is C25H22FN3O2S2. The number of carbonyl (C=O) groups is 1. The summed E-state index contributed by atoms with van der Waals surface area (Å²) in [5.41, 5.74) is 2.07. The molecule has 3 heterocycles. The Hall–Kier alpha value is -2.97. The summed E-state index contributed by atoms with van der Waals surface area (Å²) in [7, 11) is 0. The van der Waals surface area contributed by atoms with Crippen LogP contribution < -0.4 is 10.9 Å². The fraction of sp³-hybridized carbons (Fsp3) is 0.240. The van der Waals surface area contributed by atoms with Crippen LogP contribution in [0.5, 0.6) is 0 Å². The van der Waals surface area contributed by atoms with Gasteiger partial charge in [-0.3, -0.25) is 14.2 Å². The highest BCUT2D eigenvalue weighted by Crippen LogP contribution is 2.38. The highest BCUT2D eigenvalue weighted by molar-refractivity contribution is 8.00. The Morgan fingerprint density at radius 2 is 1.85 bits per heavy atom. The first-order valence-corrected chi connectivity index (χ1v) is 12.5. The molecule has 2 aromatic carbocycles. The molecule has 5 rings (SSSR count). The molecular weight excluding hydrogens is 457 g/mol. The van der Waals surface area contributed by atoms with Gasteiger partial charge in [0.1, 0.15) is 10.6 Å². The maximum Gasteiger partial charge on any atom is 0.268 e. The highest BCUT2D eigenvalue weighted by Gasteiger charge is 2.27. The number of aromatic nitrogens is 2. The molecule has 4 aromatic rings.